The molecular weight excluding hydrogens is 441 g/mol. The average molecular weight is 457 g/mol. The van der Waals surface area contributed by atoms with Crippen LogP contribution in [-0.4, -0.2) is 10.7 Å². The zero-order valence-corrected chi connectivity index (χ0v) is 17.0. The van der Waals surface area contributed by atoms with Crippen LogP contribution in [0.1, 0.15) is 11.1 Å². The van der Waals surface area contributed by atoms with Gasteiger partial charge in [-0.1, -0.05) is 64.5 Å². The van der Waals surface area contributed by atoms with Crippen molar-refractivity contribution in [3.8, 4) is 11.3 Å². The van der Waals surface area contributed by atoms with E-state index in [0.717, 1.165) is 21.0 Å². The van der Waals surface area contributed by atoms with Gasteiger partial charge >= 0.3 is 6.18 Å². The van der Waals surface area contributed by atoms with Crippen molar-refractivity contribution in [1.29, 1.82) is 0 Å². The van der Waals surface area contributed by atoms with Crippen molar-refractivity contribution < 1.29 is 13.2 Å². The Morgan fingerprint density at radius 1 is 0.897 bits per heavy atom. The quantitative estimate of drug-likeness (QED) is 0.324. The minimum Gasteiger partial charge on any atom is -0.351 e. The Hall–Kier alpha value is -2.73. The second-order valence-corrected chi connectivity index (χ2v) is 8.13. The molecule has 2 heterocycles. The molecule has 1 atom stereocenters. The molecule has 29 heavy (non-hydrogen) atoms. The maximum absolute atomic E-state index is 15.0. The summed E-state index contributed by atoms with van der Waals surface area (Å²) in [6, 6.07) is 20.8. The number of benzene rings is 3. The van der Waals surface area contributed by atoms with Crippen molar-refractivity contribution in [3.05, 3.63) is 88.4 Å². The molecule has 1 aliphatic heterocycles. The third-order valence-electron chi connectivity index (χ3n) is 5.63. The monoisotopic (exact) mass is 456 g/mol. The minimum absolute atomic E-state index is 0.129. The molecule has 0 aliphatic carbocycles. The van der Waals surface area contributed by atoms with Gasteiger partial charge in [-0.15, -0.1) is 0 Å². The first kappa shape index (κ1) is 18.3. The molecule has 4 aromatic rings. The first-order valence-electron chi connectivity index (χ1n) is 9.15. The number of aromatic nitrogens is 1. The molecule has 1 unspecified atom stereocenters. The van der Waals surface area contributed by atoms with Crippen LogP contribution < -0.4 is 5.32 Å². The maximum Gasteiger partial charge on any atom is 0.435 e. The predicted octanol–water partition coefficient (Wildman–Crippen LogP) is 7.07. The first-order valence-corrected chi connectivity index (χ1v) is 9.95. The van der Waals surface area contributed by atoms with E-state index in [2.05, 4.69) is 21.2 Å². The number of hydrogen-bond donors (Lipinski definition) is 1. The molecule has 1 aromatic heterocycles. The number of nitrogens with one attached hydrogen (secondary N) is 1. The Labute approximate surface area is 174 Å². The minimum atomic E-state index is -4.60. The van der Waals surface area contributed by atoms with Gasteiger partial charge in [0.2, 0.25) is 5.66 Å². The second kappa shape index (κ2) is 6.13. The Balaban J connectivity index is 2.00. The van der Waals surface area contributed by atoms with E-state index in [4.69, 9.17) is 0 Å². The lowest BCUT2D eigenvalue weighted by Crippen LogP contribution is -2.56. The number of fused-ring (bicyclic) bond motifs is 5. The summed E-state index contributed by atoms with van der Waals surface area (Å²) >= 11 is 3.33. The van der Waals surface area contributed by atoms with E-state index in [1.165, 1.54) is 16.7 Å². The van der Waals surface area contributed by atoms with Crippen LogP contribution in [0.25, 0.3) is 22.2 Å². The molecule has 6 heteroatoms. The van der Waals surface area contributed by atoms with Crippen LogP contribution in [-0.2, 0) is 5.66 Å². The average Bonchev–Trinajstić information content (AvgIpc) is 3.01. The predicted molar refractivity (Wildman–Crippen MR) is 113 cm³/mol. The summed E-state index contributed by atoms with van der Waals surface area (Å²) in [7, 11) is 0. The molecule has 0 fully saturated rings. The molecule has 5 rings (SSSR count). The van der Waals surface area contributed by atoms with Crippen molar-refractivity contribution in [2.45, 2.75) is 18.8 Å². The zero-order valence-electron chi connectivity index (χ0n) is 15.4. The summed E-state index contributed by atoms with van der Waals surface area (Å²) < 4.78 is 47.1. The van der Waals surface area contributed by atoms with E-state index >= 15 is 0 Å². The summed E-state index contributed by atoms with van der Waals surface area (Å²) in [6.45, 7) is 1.89. The molecule has 2 nitrogen and oxygen atoms in total. The molecule has 0 bridgehead atoms. The van der Waals surface area contributed by atoms with Crippen LogP contribution in [0, 0.1) is 6.92 Å². The molecule has 0 saturated heterocycles. The largest absolute Gasteiger partial charge is 0.435 e. The molecule has 0 amide bonds. The smallest absolute Gasteiger partial charge is 0.351 e. The Bertz CT molecular complexity index is 1240. The molecule has 1 N–H and O–H groups in total. The van der Waals surface area contributed by atoms with Crippen LogP contribution in [0.15, 0.2) is 77.3 Å². The highest BCUT2D eigenvalue weighted by atomic mass is 79.9. The van der Waals surface area contributed by atoms with E-state index < -0.39 is 11.8 Å². The second-order valence-electron chi connectivity index (χ2n) is 7.21. The van der Waals surface area contributed by atoms with Gasteiger partial charge in [0, 0.05) is 26.7 Å². The van der Waals surface area contributed by atoms with Crippen LogP contribution >= 0.6 is 15.9 Å². The van der Waals surface area contributed by atoms with E-state index in [1.54, 1.807) is 36.4 Å². The Morgan fingerprint density at radius 3 is 2.28 bits per heavy atom. The molecule has 0 radical (unpaired) electrons. The third kappa shape index (κ3) is 2.42. The normalized spacial score (nSPS) is 18.2. The van der Waals surface area contributed by atoms with Gasteiger partial charge in [0.25, 0.3) is 0 Å². The number of alkyl halides is 3. The van der Waals surface area contributed by atoms with Crippen molar-refractivity contribution >= 4 is 32.5 Å². The van der Waals surface area contributed by atoms with Crippen LogP contribution in [0.4, 0.5) is 18.9 Å². The van der Waals surface area contributed by atoms with Gasteiger partial charge < -0.3 is 9.88 Å². The van der Waals surface area contributed by atoms with Crippen LogP contribution in [0.2, 0.25) is 0 Å². The van der Waals surface area contributed by atoms with Gasteiger partial charge in [-0.25, -0.2) is 0 Å². The highest BCUT2D eigenvalue weighted by molar-refractivity contribution is 9.10. The third-order valence-corrected chi connectivity index (χ3v) is 6.16. The van der Waals surface area contributed by atoms with Crippen molar-refractivity contribution in [2.75, 3.05) is 5.32 Å². The number of aryl methyl sites for hydroxylation is 1. The number of hydrogen-bond acceptors (Lipinski definition) is 1. The summed E-state index contributed by atoms with van der Waals surface area (Å²) in [6.07, 6.45) is -4.60. The summed E-state index contributed by atoms with van der Waals surface area (Å²) in [4.78, 5) is 0. The summed E-state index contributed by atoms with van der Waals surface area (Å²) in [5, 5.41) is 3.68. The lowest BCUT2D eigenvalue weighted by Gasteiger charge is -2.44. The molecule has 146 valence electrons. The number of para-hydroxylation sites is 2. The van der Waals surface area contributed by atoms with Gasteiger partial charge in [0.1, 0.15) is 0 Å². The highest BCUT2D eigenvalue weighted by Crippen LogP contribution is 2.53. The van der Waals surface area contributed by atoms with Crippen molar-refractivity contribution in [1.82, 2.24) is 4.57 Å². The molecule has 3 aromatic carbocycles. The lowest BCUT2D eigenvalue weighted by atomic mass is 9.92. The van der Waals surface area contributed by atoms with Gasteiger partial charge in [0.05, 0.1) is 11.2 Å². The number of rotatable bonds is 1. The van der Waals surface area contributed by atoms with E-state index in [-0.39, 0.29) is 5.56 Å². The fraction of sp³-hybridized carbons (Fsp3) is 0.130. The molecule has 1 aliphatic rings. The number of nitrogens with zero attached hydrogens (tertiary/aromatic N) is 1. The fourth-order valence-corrected chi connectivity index (χ4v) is 4.64. The number of halogens is 4. The van der Waals surface area contributed by atoms with Crippen LogP contribution in [0.3, 0.4) is 0 Å². The van der Waals surface area contributed by atoms with Gasteiger partial charge in [-0.3, -0.25) is 0 Å². The standard InChI is InChI=1S/C23H16BrF3N2/c1-14-17-6-3-5-9-20(17)29-21(14)18-7-2-4-8-19(18)28-22(29,23(25,26)27)15-10-12-16(24)13-11-15/h2-13,28H,1H3. The first-order chi connectivity index (χ1) is 13.8. The lowest BCUT2D eigenvalue weighted by molar-refractivity contribution is -0.189. The topological polar surface area (TPSA) is 17.0 Å². The van der Waals surface area contributed by atoms with Gasteiger partial charge in [0.15, 0.2) is 0 Å². The highest BCUT2D eigenvalue weighted by Gasteiger charge is 2.61. The molecular formula is C23H16BrF3N2. The van der Waals surface area contributed by atoms with E-state index in [1.807, 2.05) is 31.2 Å². The van der Waals surface area contributed by atoms with E-state index in [0.29, 0.717) is 16.9 Å². The SMILES string of the molecule is Cc1c2n(c3ccccc13)C(c1ccc(Br)cc1)(C(F)(F)F)Nc1ccccc1-2. The fourth-order valence-electron chi connectivity index (χ4n) is 4.38. The summed E-state index contributed by atoms with van der Waals surface area (Å²) in [5.74, 6) is 0. The molecule has 0 saturated carbocycles. The van der Waals surface area contributed by atoms with Crippen molar-refractivity contribution in [3.63, 3.8) is 0 Å². The van der Waals surface area contributed by atoms with E-state index in [9.17, 15) is 13.2 Å². The Kier molecular flexibility index (Phi) is 3.87. The van der Waals surface area contributed by atoms with Gasteiger partial charge in [-0.05, 0) is 36.8 Å². The van der Waals surface area contributed by atoms with Crippen molar-refractivity contribution in [2.24, 2.45) is 0 Å². The zero-order chi connectivity index (χ0) is 20.4. The number of anilines is 1. The summed E-state index contributed by atoms with van der Waals surface area (Å²) in [5.41, 5.74) is 0.892. The molecule has 0 spiro atoms. The Morgan fingerprint density at radius 2 is 1.55 bits per heavy atom. The maximum atomic E-state index is 15.0. The van der Waals surface area contributed by atoms with Crippen LogP contribution in [0.5, 0.6) is 0 Å². The van der Waals surface area contributed by atoms with Gasteiger partial charge in [-0.2, -0.15) is 13.2 Å².